The molecule has 2 aromatic carbocycles. The van der Waals surface area contributed by atoms with Crippen LogP contribution in [-0.4, -0.2) is 28.2 Å². The summed E-state index contributed by atoms with van der Waals surface area (Å²) >= 11 is 2.22. The summed E-state index contributed by atoms with van der Waals surface area (Å²) in [5, 5.41) is 18.3. The molecule has 2 N–H and O–H groups in total. The van der Waals surface area contributed by atoms with Crippen LogP contribution in [0.3, 0.4) is 0 Å². The Morgan fingerprint density at radius 2 is 1.87 bits per heavy atom. The molecule has 0 saturated heterocycles. The van der Waals surface area contributed by atoms with Crippen molar-refractivity contribution in [1.82, 2.24) is 9.99 Å². The number of amides is 1. The molecular weight excluding hydrogens is 509 g/mol. The van der Waals surface area contributed by atoms with Crippen LogP contribution in [0.1, 0.15) is 22.5 Å². The lowest BCUT2D eigenvalue weighted by atomic mass is 10.1. The van der Waals surface area contributed by atoms with Gasteiger partial charge in [-0.2, -0.15) is 5.10 Å². The third-order valence-corrected chi connectivity index (χ3v) is 5.52. The number of carbonyl (C=O) groups excluding carboxylic acids is 1. The van der Waals surface area contributed by atoms with Crippen LogP contribution in [0.2, 0.25) is 0 Å². The van der Waals surface area contributed by atoms with E-state index in [-0.39, 0.29) is 18.1 Å². The lowest BCUT2D eigenvalue weighted by Gasteiger charge is -2.12. The number of anilines is 1. The number of nitrogens with zero attached hydrogens (tertiary/aromatic N) is 3. The predicted octanol–water partition coefficient (Wildman–Crippen LogP) is 4.48. The smallest absolute Gasteiger partial charge is 0.271 e. The molecule has 0 aliphatic heterocycles. The van der Waals surface area contributed by atoms with E-state index in [4.69, 9.17) is 0 Å². The van der Waals surface area contributed by atoms with Crippen molar-refractivity contribution in [1.29, 1.82) is 0 Å². The van der Waals surface area contributed by atoms with Gasteiger partial charge in [0.05, 0.1) is 23.4 Å². The fourth-order valence-electron chi connectivity index (χ4n) is 3.20. The predicted molar refractivity (Wildman–Crippen MR) is 130 cm³/mol. The maximum Gasteiger partial charge on any atom is 0.271 e. The Morgan fingerprint density at radius 1 is 1.16 bits per heavy atom. The highest BCUT2D eigenvalue weighted by Crippen LogP contribution is 2.26. The first-order valence-electron chi connectivity index (χ1n) is 9.52. The quantitative estimate of drug-likeness (QED) is 0.203. The minimum absolute atomic E-state index is 0.0382. The number of hydrazone groups is 1. The van der Waals surface area contributed by atoms with Gasteiger partial charge in [0.15, 0.2) is 0 Å². The summed E-state index contributed by atoms with van der Waals surface area (Å²) in [4.78, 5) is 22.8. The fourth-order valence-corrected chi connectivity index (χ4v) is 3.56. The molecule has 160 valence electrons. The average Bonchev–Trinajstić information content (AvgIpc) is 3.01. The van der Waals surface area contributed by atoms with Crippen molar-refractivity contribution >= 4 is 46.1 Å². The summed E-state index contributed by atoms with van der Waals surface area (Å²) in [5.74, 6) is -0.266. The van der Waals surface area contributed by atoms with E-state index in [0.717, 1.165) is 37.5 Å². The molecular formula is C22H22IN5O3. The molecule has 8 nitrogen and oxygen atoms in total. The number of nitro groups is 1. The third-order valence-electron chi connectivity index (χ3n) is 4.80. The number of aryl methyl sites for hydroxylation is 2. The number of benzene rings is 2. The molecule has 31 heavy (non-hydrogen) atoms. The van der Waals surface area contributed by atoms with Crippen molar-refractivity contribution in [3.8, 4) is 5.69 Å². The standard InChI is InChI=1S/C22H22IN5O3/c1-14-4-9-20(28(30)31)11-21(14)27-15(2)10-17(16(27)3)12-25-26-22(29)13-24-19-7-5-18(23)6-8-19/h4-12,24H,13H2,1-3H3,(H,26,29)/b25-12-. The second-order valence-electron chi connectivity index (χ2n) is 7.04. The van der Waals surface area contributed by atoms with Gasteiger partial charge >= 0.3 is 0 Å². The summed E-state index contributed by atoms with van der Waals surface area (Å²) in [6, 6.07) is 14.4. The minimum atomic E-state index is -0.403. The van der Waals surface area contributed by atoms with Crippen molar-refractivity contribution in [3.63, 3.8) is 0 Å². The van der Waals surface area contributed by atoms with Crippen LogP contribution in [0, 0.1) is 34.5 Å². The Labute approximate surface area is 193 Å². The van der Waals surface area contributed by atoms with Crippen LogP contribution in [-0.2, 0) is 4.79 Å². The molecule has 3 rings (SSSR count). The molecule has 1 heterocycles. The Bertz CT molecular complexity index is 1150. The van der Waals surface area contributed by atoms with E-state index < -0.39 is 4.92 Å². The summed E-state index contributed by atoms with van der Waals surface area (Å²) in [6.07, 6.45) is 1.58. The Morgan fingerprint density at radius 3 is 2.55 bits per heavy atom. The molecule has 0 fully saturated rings. The number of halogens is 1. The summed E-state index contributed by atoms with van der Waals surface area (Å²) in [6.45, 7) is 5.84. The zero-order valence-corrected chi connectivity index (χ0v) is 19.5. The van der Waals surface area contributed by atoms with Gasteiger partial charge in [-0.15, -0.1) is 0 Å². The molecule has 1 amide bonds. The summed E-state index contributed by atoms with van der Waals surface area (Å²) in [7, 11) is 0. The number of nitrogens with one attached hydrogen (secondary N) is 2. The summed E-state index contributed by atoms with van der Waals surface area (Å²) in [5.41, 5.74) is 7.67. The Hall–Kier alpha value is -3.21. The number of hydrogen-bond donors (Lipinski definition) is 2. The van der Waals surface area contributed by atoms with Gasteiger partial charge in [-0.1, -0.05) is 6.07 Å². The van der Waals surface area contributed by atoms with Crippen LogP contribution < -0.4 is 10.7 Å². The van der Waals surface area contributed by atoms with E-state index in [1.165, 1.54) is 6.07 Å². The van der Waals surface area contributed by atoms with E-state index in [9.17, 15) is 14.9 Å². The van der Waals surface area contributed by atoms with E-state index in [2.05, 4.69) is 38.4 Å². The highest BCUT2D eigenvalue weighted by molar-refractivity contribution is 14.1. The lowest BCUT2D eigenvalue weighted by molar-refractivity contribution is -0.384. The van der Waals surface area contributed by atoms with E-state index in [0.29, 0.717) is 0 Å². The van der Waals surface area contributed by atoms with Crippen molar-refractivity contribution in [3.05, 3.63) is 84.7 Å². The van der Waals surface area contributed by atoms with Crippen LogP contribution in [0.15, 0.2) is 53.6 Å². The lowest BCUT2D eigenvalue weighted by Crippen LogP contribution is -2.25. The number of nitro benzene ring substituents is 1. The molecule has 0 saturated carbocycles. The van der Waals surface area contributed by atoms with Crippen molar-refractivity contribution in [2.45, 2.75) is 20.8 Å². The first kappa shape index (κ1) is 22.5. The van der Waals surface area contributed by atoms with Crippen molar-refractivity contribution in [2.24, 2.45) is 5.10 Å². The maximum atomic E-state index is 12.0. The van der Waals surface area contributed by atoms with Crippen LogP contribution in [0.25, 0.3) is 5.69 Å². The molecule has 0 bridgehead atoms. The molecule has 0 aliphatic carbocycles. The molecule has 0 radical (unpaired) electrons. The first-order chi connectivity index (χ1) is 14.8. The third kappa shape index (κ3) is 5.48. The molecule has 9 heteroatoms. The number of rotatable bonds is 7. The van der Waals surface area contributed by atoms with Gasteiger partial charge in [0.25, 0.3) is 11.6 Å². The molecule has 0 atom stereocenters. The van der Waals surface area contributed by atoms with Crippen molar-refractivity contribution in [2.75, 3.05) is 11.9 Å². The molecule has 3 aromatic rings. The van der Waals surface area contributed by atoms with Gasteiger partial charge in [0.1, 0.15) is 0 Å². The highest BCUT2D eigenvalue weighted by atomic mass is 127. The second kappa shape index (κ2) is 9.73. The average molecular weight is 531 g/mol. The monoisotopic (exact) mass is 531 g/mol. The second-order valence-corrected chi connectivity index (χ2v) is 8.29. The van der Waals surface area contributed by atoms with E-state index >= 15 is 0 Å². The largest absolute Gasteiger partial charge is 0.376 e. The minimum Gasteiger partial charge on any atom is -0.376 e. The summed E-state index contributed by atoms with van der Waals surface area (Å²) < 4.78 is 3.07. The number of non-ortho nitro benzene ring substituents is 1. The van der Waals surface area contributed by atoms with Crippen LogP contribution in [0.4, 0.5) is 11.4 Å². The van der Waals surface area contributed by atoms with Gasteiger partial charge in [0, 0.05) is 38.3 Å². The SMILES string of the molecule is Cc1ccc([N+](=O)[O-])cc1-n1c(C)cc(/C=N\NC(=O)CNc2ccc(I)cc2)c1C. The van der Waals surface area contributed by atoms with Gasteiger partial charge in [-0.05, 0) is 79.3 Å². The zero-order valence-electron chi connectivity index (χ0n) is 17.3. The van der Waals surface area contributed by atoms with Gasteiger partial charge in [-0.3, -0.25) is 14.9 Å². The zero-order chi connectivity index (χ0) is 22.5. The molecule has 0 unspecified atom stereocenters. The number of carbonyl (C=O) groups is 1. The highest BCUT2D eigenvalue weighted by Gasteiger charge is 2.15. The van der Waals surface area contributed by atoms with Gasteiger partial charge < -0.3 is 9.88 Å². The Balaban J connectivity index is 1.70. The molecule has 0 spiro atoms. The number of aromatic nitrogens is 1. The van der Waals surface area contributed by atoms with Crippen molar-refractivity contribution < 1.29 is 9.72 Å². The fraction of sp³-hybridized carbons (Fsp3) is 0.182. The maximum absolute atomic E-state index is 12.0. The van der Waals surface area contributed by atoms with Gasteiger partial charge in [0.2, 0.25) is 0 Å². The van der Waals surface area contributed by atoms with E-state index in [1.807, 2.05) is 55.7 Å². The van der Waals surface area contributed by atoms with E-state index in [1.54, 1.807) is 18.3 Å². The molecule has 1 aromatic heterocycles. The first-order valence-corrected chi connectivity index (χ1v) is 10.6. The van der Waals surface area contributed by atoms with Crippen LogP contribution in [0.5, 0.6) is 0 Å². The van der Waals surface area contributed by atoms with Gasteiger partial charge in [-0.25, -0.2) is 5.43 Å². The molecule has 0 aliphatic rings. The number of hydrogen-bond acceptors (Lipinski definition) is 5. The van der Waals surface area contributed by atoms with Crippen LogP contribution >= 0.6 is 22.6 Å². The normalized spacial score (nSPS) is 11.0. The Kier molecular flexibility index (Phi) is 7.06. The topological polar surface area (TPSA) is 102 Å².